The first kappa shape index (κ1) is 13.5. The van der Waals surface area contributed by atoms with Crippen molar-refractivity contribution >= 4 is 17.6 Å². The second-order valence-corrected chi connectivity index (χ2v) is 4.82. The van der Waals surface area contributed by atoms with Crippen LogP contribution in [0.1, 0.15) is 12.5 Å². The van der Waals surface area contributed by atoms with Crippen molar-refractivity contribution in [3.05, 3.63) is 29.8 Å². The molecule has 4 N–H and O–H groups in total. The van der Waals surface area contributed by atoms with Gasteiger partial charge in [0, 0.05) is 5.69 Å². The Balaban J connectivity index is 1.95. The normalized spacial score (nSPS) is 22.6. The zero-order chi connectivity index (χ0) is 14.0. The monoisotopic (exact) mass is 264 g/mol. The molecule has 2 atom stereocenters. The Morgan fingerprint density at radius 3 is 2.53 bits per heavy atom. The maximum Gasteiger partial charge on any atom is 0.409 e. The van der Waals surface area contributed by atoms with Crippen LogP contribution in [-0.2, 0) is 16.0 Å². The molecule has 6 heteroatoms. The first-order valence-corrected chi connectivity index (χ1v) is 5.93. The summed E-state index contributed by atoms with van der Waals surface area (Å²) in [5.74, 6) is -0.0970. The van der Waals surface area contributed by atoms with E-state index in [2.05, 4.69) is 5.32 Å². The predicted molar refractivity (Wildman–Crippen MR) is 69.1 cm³/mol. The zero-order valence-electron chi connectivity index (χ0n) is 10.6. The molecule has 0 saturated carbocycles. The van der Waals surface area contributed by atoms with Crippen molar-refractivity contribution < 1.29 is 19.4 Å². The number of hydrogen-bond donors (Lipinski definition) is 3. The molecule has 1 aromatic carbocycles. The minimum absolute atomic E-state index is 0.0970. The second kappa shape index (κ2) is 4.99. The van der Waals surface area contributed by atoms with Gasteiger partial charge in [-0.2, -0.15) is 0 Å². The molecule has 1 aromatic rings. The Labute approximate surface area is 110 Å². The summed E-state index contributed by atoms with van der Waals surface area (Å²) in [6.45, 7) is 2.16. The van der Waals surface area contributed by atoms with Crippen molar-refractivity contribution in [2.75, 3.05) is 11.9 Å². The minimum atomic E-state index is -1.11. The second-order valence-electron chi connectivity index (χ2n) is 4.82. The summed E-state index contributed by atoms with van der Waals surface area (Å²) >= 11 is 0. The van der Waals surface area contributed by atoms with Crippen LogP contribution >= 0.6 is 0 Å². The summed E-state index contributed by atoms with van der Waals surface area (Å²) in [7, 11) is 0. The molecular formula is C13H16N2O4. The quantitative estimate of drug-likeness (QED) is 0.688. The van der Waals surface area contributed by atoms with Crippen LogP contribution in [-0.4, -0.2) is 35.2 Å². The fourth-order valence-electron chi connectivity index (χ4n) is 1.84. The van der Waals surface area contributed by atoms with Gasteiger partial charge in [0.1, 0.15) is 5.60 Å². The number of ketones is 1. The molecule has 0 radical (unpaired) electrons. The van der Waals surface area contributed by atoms with Gasteiger partial charge in [-0.15, -0.1) is 0 Å². The largest absolute Gasteiger partial charge is 0.465 e. The number of carbonyl (C=O) groups is 2. The van der Waals surface area contributed by atoms with Gasteiger partial charge in [0.15, 0.2) is 5.78 Å². The van der Waals surface area contributed by atoms with Crippen LogP contribution in [0, 0.1) is 0 Å². The molecule has 0 bridgehead atoms. The summed E-state index contributed by atoms with van der Waals surface area (Å²) in [4.78, 5) is 22.4. The van der Waals surface area contributed by atoms with Gasteiger partial charge in [0.05, 0.1) is 12.6 Å². The van der Waals surface area contributed by atoms with Crippen LogP contribution in [0.5, 0.6) is 0 Å². The van der Waals surface area contributed by atoms with Gasteiger partial charge < -0.3 is 15.6 Å². The van der Waals surface area contributed by atoms with Crippen LogP contribution in [0.4, 0.5) is 10.5 Å². The Hall–Kier alpha value is -1.92. The number of nitrogens with two attached hydrogens (primary N) is 1. The lowest BCUT2D eigenvalue weighted by Crippen LogP contribution is -2.40. The smallest absolute Gasteiger partial charge is 0.409 e. The summed E-state index contributed by atoms with van der Waals surface area (Å²) in [5, 5.41) is 10.8. The van der Waals surface area contributed by atoms with E-state index in [1.165, 1.54) is 0 Å². The first-order valence-electron chi connectivity index (χ1n) is 5.93. The molecule has 1 aliphatic heterocycles. The molecule has 1 fully saturated rings. The third-order valence-corrected chi connectivity index (χ3v) is 3.10. The van der Waals surface area contributed by atoms with Crippen molar-refractivity contribution in [3.63, 3.8) is 0 Å². The molecule has 1 aliphatic rings. The van der Waals surface area contributed by atoms with E-state index in [9.17, 15) is 9.59 Å². The third kappa shape index (κ3) is 3.30. The lowest BCUT2D eigenvalue weighted by molar-refractivity contribution is -0.124. The molecule has 2 rings (SSSR count). The van der Waals surface area contributed by atoms with Crippen molar-refractivity contribution in [1.82, 2.24) is 0 Å². The van der Waals surface area contributed by atoms with Gasteiger partial charge in [-0.05, 0) is 31.0 Å². The molecule has 19 heavy (non-hydrogen) atoms. The molecule has 0 aromatic heterocycles. The Morgan fingerprint density at radius 2 is 2.05 bits per heavy atom. The number of carboxylic acid groups (broad SMARTS) is 1. The number of amides is 1. The van der Waals surface area contributed by atoms with Crippen molar-refractivity contribution in [1.29, 1.82) is 0 Å². The van der Waals surface area contributed by atoms with Gasteiger partial charge in [0.2, 0.25) is 0 Å². The van der Waals surface area contributed by atoms with Crippen LogP contribution in [0.15, 0.2) is 24.3 Å². The molecule has 0 aliphatic carbocycles. The third-order valence-electron chi connectivity index (χ3n) is 3.10. The highest BCUT2D eigenvalue weighted by atomic mass is 16.6. The Bertz CT molecular complexity index is 494. The standard InChI is InChI=1S/C13H16N2O4/c1-13(7-19-13)11(16)10(14)6-8-2-4-9(5-3-8)15-12(17)18/h2-5,10,15H,6-7,14H2,1H3,(H,17,18)/t10-,13+/m0/s1. The molecule has 0 unspecified atom stereocenters. The number of ether oxygens (including phenoxy) is 1. The highest BCUT2D eigenvalue weighted by Gasteiger charge is 2.48. The molecular weight excluding hydrogens is 248 g/mol. The predicted octanol–water partition coefficient (Wildman–Crippen LogP) is 1.00. The average molecular weight is 264 g/mol. The Morgan fingerprint density at radius 1 is 1.47 bits per heavy atom. The van der Waals surface area contributed by atoms with Crippen LogP contribution in [0.3, 0.4) is 0 Å². The number of benzene rings is 1. The topological polar surface area (TPSA) is 105 Å². The van der Waals surface area contributed by atoms with Crippen LogP contribution < -0.4 is 11.1 Å². The Kier molecular flexibility index (Phi) is 3.55. The maximum atomic E-state index is 11.9. The highest BCUT2D eigenvalue weighted by Crippen LogP contribution is 2.28. The van der Waals surface area contributed by atoms with Gasteiger partial charge in [-0.1, -0.05) is 12.1 Å². The van der Waals surface area contributed by atoms with Crippen molar-refractivity contribution in [3.8, 4) is 0 Å². The number of rotatable bonds is 5. The fourth-order valence-corrected chi connectivity index (χ4v) is 1.84. The van der Waals surface area contributed by atoms with E-state index in [0.717, 1.165) is 5.56 Å². The number of epoxide rings is 1. The zero-order valence-corrected chi connectivity index (χ0v) is 10.6. The van der Waals surface area contributed by atoms with Gasteiger partial charge in [0.25, 0.3) is 0 Å². The molecule has 6 nitrogen and oxygen atoms in total. The molecule has 1 saturated heterocycles. The molecule has 102 valence electrons. The van der Waals surface area contributed by atoms with Crippen LogP contribution in [0.2, 0.25) is 0 Å². The number of nitrogens with one attached hydrogen (secondary N) is 1. The van der Waals surface area contributed by atoms with Crippen molar-refractivity contribution in [2.24, 2.45) is 5.73 Å². The summed E-state index contributed by atoms with van der Waals surface area (Å²) in [6.07, 6.45) is -0.705. The average Bonchev–Trinajstić information content (AvgIpc) is 3.09. The SMILES string of the molecule is C[C@]1(C(=O)[C@@H](N)Cc2ccc(NC(=O)O)cc2)CO1. The lowest BCUT2D eigenvalue weighted by Gasteiger charge is -2.13. The minimum Gasteiger partial charge on any atom is -0.465 e. The fraction of sp³-hybridized carbons (Fsp3) is 0.385. The summed E-state index contributed by atoms with van der Waals surface area (Å²) in [6, 6.07) is 6.15. The molecule has 1 amide bonds. The highest BCUT2D eigenvalue weighted by molar-refractivity contribution is 5.93. The van der Waals surface area contributed by atoms with E-state index in [-0.39, 0.29) is 5.78 Å². The summed E-state index contributed by atoms with van der Waals surface area (Å²) < 4.78 is 5.07. The van der Waals surface area contributed by atoms with Gasteiger partial charge in [-0.3, -0.25) is 10.1 Å². The number of anilines is 1. The number of carbonyl (C=O) groups excluding carboxylic acids is 1. The van der Waals surface area contributed by atoms with Crippen molar-refractivity contribution in [2.45, 2.75) is 25.0 Å². The van der Waals surface area contributed by atoms with E-state index in [4.69, 9.17) is 15.6 Å². The molecule has 0 spiro atoms. The first-order chi connectivity index (χ1) is 8.90. The lowest BCUT2D eigenvalue weighted by atomic mass is 9.96. The van der Waals surface area contributed by atoms with Crippen LogP contribution in [0.25, 0.3) is 0 Å². The van der Waals surface area contributed by atoms with Gasteiger partial charge >= 0.3 is 6.09 Å². The van der Waals surface area contributed by atoms with Gasteiger partial charge in [-0.25, -0.2) is 4.79 Å². The molecule has 1 heterocycles. The van der Waals surface area contributed by atoms with E-state index >= 15 is 0 Å². The van der Waals surface area contributed by atoms with E-state index in [0.29, 0.717) is 18.7 Å². The van der Waals surface area contributed by atoms with E-state index < -0.39 is 17.7 Å². The van der Waals surface area contributed by atoms with E-state index in [1.54, 1.807) is 31.2 Å². The summed E-state index contributed by atoms with van der Waals surface area (Å²) in [5.41, 5.74) is 6.51. The van der Waals surface area contributed by atoms with E-state index in [1.807, 2.05) is 0 Å². The number of Topliss-reactive ketones (excluding diaryl/α,β-unsaturated/α-hetero) is 1. The maximum absolute atomic E-state index is 11.9. The number of hydrogen-bond acceptors (Lipinski definition) is 4.